The predicted octanol–water partition coefficient (Wildman–Crippen LogP) is 2.55. The Bertz CT molecular complexity index is 579. The summed E-state index contributed by atoms with van der Waals surface area (Å²) in [5.74, 6) is 1.55. The van der Waals surface area contributed by atoms with Crippen LogP contribution in [0.2, 0.25) is 0 Å². The zero-order chi connectivity index (χ0) is 19.6. The van der Waals surface area contributed by atoms with E-state index in [1.807, 2.05) is 11.3 Å². The Morgan fingerprint density at radius 1 is 1.37 bits per heavy atom. The molecule has 1 aromatic rings. The first-order valence-corrected chi connectivity index (χ1v) is 10.9. The van der Waals surface area contributed by atoms with Crippen molar-refractivity contribution in [2.75, 3.05) is 46.8 Å². The number of carbonyl (C=O) groups is 1. The van der Waals surface area contributed by atoms with Gasteiger partial charge in [-0.05, 0) is 49.7 Å². The lowest BCUT2D eigenvalue weighted by molar-refractivity contribution is -0.127. The Hall–Kier alpha value is -1.60. The van der Waals surface area contributed by atoms with Crippen LogP contribution in [-0.4, -0.2) is 68.5 Å². The maximum absolute atomic E-state index is 11.9. The third-order valence-corrected chi connectivity index (χ3v) is 5.98. The SMILES string of the molecule is CCCNC(=NCC(=O)N(C)C)NCC(c1cccs1)N1CCC(C)CC1. The lowest BCUT2D eigenvalue weighted by Crippen LogP contribution is -2.45. The van der Waals surface area contributed by atoms with E-state index in [2.05, 4.69) is 51.9 Å². The highest BCUT2D eigenvalue weighted by atomic mass is 32.1. The van der Waals surface area contributed by atoms with Crippen molar-refractivity contribution in [2.24, 2.45) is 10.9 Å². The lowest BCUT2D eigenvalue weighted by Gasteiger charge is -2.36. The Kier molecular flexibility index (Phi) is 9.07. The largest absolute Gasteiger partial charge is 0.356 e. The minimum absolute atomic E-state index is 0.00687. The molecule has 0 saturated carbocycles. The van der Waals surface area contributed by atoms with Gasteiger partial charge in [0.2, 0.25) is 5.91 Å². The van der Waals surface area contributed by atoms with Crippen molar-refractivity contribution < 1.29 is 4.79 Å². The number of likely N-dealkylation sites (tertiary alicyclic amines) is 1. The summed E-state index contributed by atoms with van der Waals surface area (Å²) >= 11 is 1.81. The molecule has 2 heterocycles. The third-order valence-electron chi connectivity index (χ3n) is 5.01. The molecule has 152 valence electrons. The Morgan fingerprint density at radius 2 is 2.11 bits per heavy atom. The molecule has 0 bridgehead atoms. The molecule has 1 aromatic heterocycles. The fourth-order valence-electron chi connectivity index (χ4n) is 3.13. The van der Waals surface area contributed by atoms with Crippen LogP contribution in [0.5, 0.6) is 0 Å². The molecule has 1 saturated heterocycles. The number of aliphatic imine (C=N–C) groups is 1. The van der Waals surface area contributed by atoms with E-state index in [0.717, 1.165) is 44.5 Å². The first-order valence-electron chi connectivity index (χ1n) is 10.0. The van der Waals surface area contributed by atoms with Gasteiger partial charge in [-0.1, -0.05) is 19.9 Å². The number of piperidine rings is 1. The van der Waals surface area contributed by atoms with Crippen LogP contribution in [0.25, 0.3) is 0 Å². The zero-order valence-corrected chi connectivity index (χ0v) is 18.0. The van der Waals surface area contributed by atoms with Crippen molar-refractivity contribution in [2.45, 2.75) is 39.2 Å². The summed E-state index contributed by atoms with van der Waals surface area (Å²) in [6, 6.07) is 4.69. The fourth-order valence-corrected chi connectivity index (χ4v) is 3.99. The third kappa shape index (κ3) is 7.14. The van der Waals surface area contributed by atoms with Crippen LogP contribution in [0.4, 0.5) is 0 Å². The number of carbonyl (C=O) groups excluding carboxylic acids is 1. The molecule has 1 unspecified atom stereocenters. The van der Waals surface area contributed by atoms with E-state index >= 15 is 0 Å². The number of rotatable bonds is 8. The Morgan fingerprint density at radius 3 is 2.70 bits per heavy atom. The standard InChI is InChI=1S/C20H35N5OS/c1-5-10-21-20(23-15-19(26)24(3)4)22-14-17(18-7-6-13-27-18)25-11-8-16(2)9-12-25/h6-7,13,16-17H,5,8-12,14-15H2,1-4H3,(H2,21,22,23). The van der Waals surface area contributed by atoms with Gasteiger partial charge in [-0.25, -0.2) is 4.99 Å². The van der Waals surface area contributed by atoms with Crippen molar-refractivity contribution in [1.29, 1.82) is 0 Å². The molecule has 0 aromatic carbocycles. The molecule has 6 nitrogen and oxygen atoms in total. The number of nitrogens with zero attached hydrogens (tertiary/aromatic N) is 3. The van der Waals surface area contributed by atoms with E-state index < -0.39 is 0 Å². The molecule has 1 fully saturated rings. The Labute approximate surface area is 168 Å². The molecule has 2 rings (SSSR count). The highest BCUT2D eigenvalue weighted by Gasteiger charge is 2.25. The fraction of sp³-hybridized carbons (Fsp3) is 0.700. The second-order valence-electron chi connectivity index (χ2n) is 7.51. The normalized spacial score (nSPS) is 17.6. The maximum Gasteiger partial charge on any atom is 0.243 e. The molecule has 0 spiro atoms. The highest BCUT2D eigenvalue weighted by Crippen LogP contribution is 2.28. The van der Waals surface area contributed by atoms with E-state index in [4.69, 9.17) is 0 Å². The summed E-state index contributed by atoms with van der Waals surface area (Å²) < 4.78 is 0. The molecule has 1 aliphatic rings. The van der Waals surface area contributed by atoms with Crippen LogP contribution in [0.1, 0.15) is 44.0 Å². The number of hydrogen-bond acceptors (Lipinski definition) is 4. The van der Waals surface area contributed by atoms with Gasteiger partial charge in [0.1, 0.15) is 6.54 Å². The van der Waals surface area contributed by atoms with Crippen LogP contribution < -0.4 is 10.6 Å². The van der Waals surface area contributed by atoms with Crippen LogP contribution in [0, 0.1) is 5.92 Å². The summed E-state index contributed by atoms with van der Waals surface area (Å²) in [6.45, 7) is 8.54. The van der Waals surface area contributed by atoms with Gasteiger partial charge >= 0.3 is 0 Å². The number of nitrogens with one attached hydrogen (secondary N) is 2. The minimum atomic E-state index is 0.00687. The molecule has 27 heavy (non-hydrogen) atoms. The topological polar surface area (TPSA) is 60.0 Å². The van der Waals surface area contributed by atoms with E-state index in [0.29, 0.717) is 6.04 Å². The van der Waals surface area contributed by atoms with Crippen molar-refractivity contribution in [3.8, 4) is 0 Å². The average molecular weight is 394 g/mol. The smallest absolute Gasteiger partial charge is 0.243 e. The number of thiophene rings is 1. The van der Waals surface area contributed by atoms with Crippen LogP contribution in [-0.2, 0) is 4.79 Å². The second kappa shape index (κ2) is 11.3. The monoisotopic (exact) mass is 393 g/mol. The lowest BCUT2D eigenvalue weighted by atomic mass is 9.97. The number of hydrogen-bond donors (Lipinski definition) is 2. The first-order chi connectivity index (χ1) is 13.0. The molecule has 0 radical (unpaired) electrons. The molecule has 2 N–H and O–H groups in total. The summed E-state index contributed by atoms with van der Waals surface area (Å²) in [6.07, 6.45) is 3.53. The van der Waals surface area contributed by atoms with Crippen LogP contribution >= 0.6 is 11.3 Å². The van der Waals surface area contributed by atoms with E-state index in [9.17, 15) is 4.79 Å². The van der Waals surface area contributed by atoms with Gasteiger partial charge in [-0.15, -0.1) is 11.3 Å². The number of amides is 1. The molecule has 0 aliphatic carbocycles. The quantitative estimate of drug-likeness (QED) is 0.526. The highest BCUT2D eigenvalue weighted by molar-refractivity contribution is 7.10. The molecule has 1 amide bonds. The van der Waals surface area contributed by atoms with Crippen molar-refractivity contribution in [1.82, 2.24) is 20.4 Å². The second-order valence-corrected chi connectivity index (χ2v) is 8.49. The predicted molar refractivity (Wildman–Crippen MR) is 114 cm³/mol. The summed E-state index contributed by atoms with van der Waals surface area (Å²) in [5, 5.41) is 8.95. The summed E-state index contributed by atoms with van der Waals surface area (Å²) in [5.41, 5.74) is 0. The number of guanidine groups is 1. The first kappa shape index (κ1) is 21.7. The molecule has 7 heteroatoms. The summed E-state index contributed by atoms with van der Waals surface area (Å²) in [7, 11) is 3.52. The number of likely N-dealkylation sites (N-methyl/N-ethyl adjacent to an activating group) is 1. The Balaban J connectivity index is 2.02. The van der Waals surface area contributed by atoms with Gasteiger partial charge in [-0.3, -0.25) is 9.69 Å². The molecular formula is C20H35N5OS. The van der Waals surface area contributed by atoms with Gasteiger partial charge in [0.25, 0.3) is 0 Å². The van der Waals surface area contributed by atoms with Gasteiger partial charge in [0.15, 0.2) is 5.96 Å². The van der Waals surface area contributed by atoms with Crippen LogP contribution in [0.15, 0.2) is 22.5 Å². The van der Waals surface area contributed by atoms with Gasteiger partial charge in [0.05, 0.1) is 6.04 Å². The molecule has 1 aliphatic heterocycles. The van der Waals surface area contributed by atoms with Gasteiger partial charge in [-0.2, -0.15) is 0 Å². The molecule has 1 atom stereocenters. The maximum atomic E-state index is 11.9. The van der Waals surface area contributed by atoms with Crippen molar-refractivity contribution >= 4 is 23.2 Å². The molecular weight excluding hydrogens is 358 g/mol. The van der Waals surface area contributed by atoms with Gasteiger partial charge < -0.3 is 15.5 Å². The van der Waals surface area contributed by atoms with E-state index in [1.54, 1.807) is 19.0 Å². The summed E-state index contributed by atoms with van der Waals surface area (Å²) in [4.78, 5) is 21.9. The van der Waals surface area contributed by atoms with E-state index in [1.165, 1.54) is 17.7 Å². The van der Waals surface area contributed by atoms with E-state index in [-0.39, 0.29) is 12.5 Å². The minimum Gasteiger partial charge on any atom is -0.356 e. The van der Waals surface area contributed by atoms with Gasteiger partial charge in [0, 0.05) is 32.1 Å². The average Bonchev–Trinajstić information content (AvgIpc) is 3.18. The zero-order valence-electron chi connectivity index (χ0n) is 17.2. The van der Waals surface area contributed by atoms with Crippen molar-refractivity contribution in [3.05, 3.63) is 22.4 Å². The van der Waals surface area contributed by atoms with Crippen LogP contribution in [0.3, 0.4) is 0 Å². The van der Waals surface area contributed by atoms with Crippen molar-refractivity contribution in [3.63, 3.8) is 0 Å².